The second-order valence-corrected chi connectivity index (χ2v) is 5.06. The normalized spacial score (nSPS) is 21.8. The molecule has 0 aromatic heterocycles. The van der Waals surface area contributed by atoms with Crippen LogP contribution in [0.25, 0.3) is 0 Å². The Morgan fingerprint density at radius 3 is 2.20 bits per heavy atom. The molecule has 0 amide bonds. The van der Waals surface area contributed by atoms with Gasteiger partial charge in [0, 0.05) is 11.5 Å². The van der Waals surface area contributed by atoms with Crippen molar-refractivity contribution in [1.29, 1.82) is 0 Å². The van der Waals surface area contributed by atoms with Gasteiger partial charge in [-0.2, -0.15) is 0 Å². The number of cyclic esters (lactones) is 1. The summed E-state index contributed by atoms with van der Waals surface area (Å²) < 4.78 is 5.51. The third-order valence-corrected chi connectivity index (χ3v) is 3.74. The number of hydrogen-bond acceptors (Lipinski definition) is 2. The smallest absolute Gasteiger partial charge is 0.334 e. The minimum absolute atomic E-state index is 0.00676. The standard InChI is InChI=1S/C18H16O2/c1-13-16(12-14-8-4-2-5-9-14)17(20-18(13)19)15-10-6-3-7-11-15/h2-11,16-17H,1,12H2/t16-,17-/m0/s1. The molecule has 0 spiro atoms. The minimum Gasteiger partial charge on any atom is -0.453 e. The molecule has 0 radical (unpaired) electrons. The van der Waals surface area contributed by atoms with Crippen molar-refractivity contribution in [2.45, 2.75) is 12.5 Å². The molecule has 2 heteroatoms. The number of benzene rings is 2. The Bertz CT molecular complexity index is 616. The van der Waals surface area contributed by atoms with E-state index in [-0.39, 0.29) is 18.0 Å². The van der Waals surface area contributed by atoms with Gasteiger partial charge in [-0.05, 0) is 17.5 Å². The predicted molar refractivity (Wildman–Crippen MR) is 78.1 cm³/mol. The van der Waals surface area contributed by atoms with E-state index >= 15 is 0 Å². The maximum Gasteiger partial charge on any atom is 0.334 e. The summed E-state index contributed by atoms with van der Waals surface area (Å²) in [5.41, 5.74) is 2.79. The lowest BCUT2D eigenvalue weighted by atomic mass is 9.87. The van der Waals surface area contributed by atoms with Crippen LogP contribution in [-0.2, 0) is 16.0 Å². The zero-order valence-electron chi connectivity index (χ0n) is 11.2. The van der Waals surface area contributed by atoms with Crippen molar-refractivity contribution in [2.24, 2.45) is 5.92 Å². The van der Waals surface area contributed by atoms with E-state index in [9.17, 15) is 4.79 Å². The van der Waals surface area contributed by atoms with Gasteiger partial charge in [-0.3, -0.25) is 0 Å². The quantitative estimate of drug-likeness (QED) is 0.624. The molecule has 1 saturated heterocycles. The maximum absolute atomic E-state index is 11.8. The second kappa shape index (κ2) is 5.33. The van der Waals surface area contributed by atoms with Crippen LogP contribution in [0.1, 0.15) is 17.2 Å². The van der Waals surface area contributed by atoms with Crippen molar-refractivity contribution < 1.29 is 9.53 Å². The lowest BCUT2D eigenvalue weighted by Gasteiger charge is -2.18. The molecule has 2 nitrogen and oxygen atoms in total. The molecule has 1 heterocycles. The number of rotatable bonds is 3. The SMILES string of the molecule is C=C1C(=O)O[C@@H](c2ccccc2)[C@H]1Cc1ccccc1. The molecule has 100 valence electrons. The van der Waals surface area contributed by atoms with Gasteiger partial charge in [0.05, 0.1) is 0 Å². The van der Waals surface area contributed by atoms with E-state index in [1.54, 1.807) is 0 Å². The number of carbonyl (C=O) groups excluding carboxylic acids is 1. The topological polar surface area (TPSA) is 26.3 Å². The molecule has 1 aliphatic heterocycles. The van der Waals surface area contributed by atoms with Crippen molar-refractivity contribution in [3.63, 3.8) is 0 Å². The van der Waals surface area contributed by atoms with Gasteiger partial charge in [-0.15, -0.1) is 0 Å². The Kier molecular flexibility index (Phi) is 3.38. The Morgan fingerprint density at radius 1 is 0.950 bits per heavy atom. The van der Waals surface area contributed by atoms with Crippen LogP contribution >= 0.6 is 0 Å². The molecule has 0 N–H and O–H groups in total. The first-order valence-electron chi connectivity index (χ1n) is 6.74. The Morgan fingerprint density at radius 2 is 1.55 bits per heavy atom. The van der Waals surface area contributed by atoms with Crippen LogP contribution in [0.5, 0.6) is 0 Å². The summed E-state index contributed by atoms with van der Waals surface area (Å²) in [5, 5.41) is 0. The van der Waals surface area contributed by atoms with Crippen LogP contribution in [0, 0.1) is 5.92 Å². The molecule has 2 aromatic rings. The molecule has 3 rings (SSSR count). The van der Waals surface area contributed by atoms with E-state index in [0.717, 1.165) is 12.0 Å². The third-order valence-electron chi connectivity index (χ3n) is 3.74. The van der Waals surface area contributed by atoms with E-state index in [0.29, 0.717) is 5.57 Å². The lowest BCUT2D eigenvalue weighted by Crippen LogP contribution is -2.11. The molecular weight excluding hydrogens is 248 g/mol. The zero-order valence-corrected chi connectivity index (χ0v) is 11.2. The molecular formula is C18H16O2. The highest BCUT2D eigenvalue weighted by Gasteiger charge is 2.39. The Labute approximate surface area is 118 Å². The highest BCUT2D eigenvalue weighted by molar-refractivity contribution is 5.91. The average Bonchev–Trinajstić information content (AvgIpc) is 2.78. The number of carbonyl (C=O) groups is 1. The van der Waals surface area contributed by atoms with Crippen molar-refractivity contribution in [3.8, 4) is 0 Å². The molecule has 0 saturated carbocycles. The van der Waals surface area contributed by atoms with Gasteiger partial charge < -0.3 is 4.74 Å². The molecule has 2 aromatic carbocycles. The molecule has 1 aliphatic rings. The average molecular weight is 264 g/mol. The van der Waals surface area contributed by atoms with Crippen molar-refractivity contribution >= 4 is 5.97 Å². The van der Waals surface area contributed by atoms with Crippen LogP contribution in [0.4, 0.5) is 0 Å². The fraction of sp³-hybridized carbons (Fsp3) is 0.167. The zero-order chi connectivity index (χ0) is 13.9. The lowest BCUT2D eigenvalue weighted by molar-refractivity contribution is -0.139. The first-order chi connectivity index (χ1) is 9.75. The van der Waals surface area contributed by atoms with Gasteiger partial charge in [0.25, 0.3) is 0 Å². The van der Waals surface area contributed by atoms with E-state index in [4.69, 9.17) is 4.74 Å². The second-order valence-electron chi connectivity index (χ2n) is 5.06. The fourth-order valence-electron chi connectivity index (χ4n) is 2.65. The highest BCUT2D eigenvalue weighted by atomic mass is 16.6. The molecule has 0 unspecified atom stereocenters. The fourth-order valence-corrected chi connectivity index (χ4v) is 2.65. The summed E-state index contributed by atoms with van der Waals surface area (Å²) in [5.74, 6) is -0.271. The molecule has 0 aliphatic carbocycles. The van der Waals surface area contributed by atoms with Crippen LogP contribution in [0.3, 0.4) is 0 Å². The summed E-state index contributed by atoms with van der Waals surface area (Å²) in [6, 6.07) is 20.0. The van der Waals surface area contributed by atoms with Crippen LogP contribution in [-0.4, -0.2) is 5.97 Å². The number of ether oxygens (including phenoxy) is 1. The molecule has 2 atom stereocenters. The van der Waals surface area contributed by atoms with E-state index in [2.05, 4.69) is 18.7 Å². The highest BCUT2D eigenvalue weighted by Crippen LogP contribution is 2.40. The van der Waals surface area contributed by atoms with Gasteiger partial charge in [-0.25, -0.2) is 4.79 Å². The minimum atomic E-state index is -0.278. The summed E-state index contributed by atoms with van der Waals surface area (Å²) in [6.45, 7) is 3.91. The summed E-state index contributed by atoms with van der Waals surface area (Å²) in [4.78, 5) is 11.8. The van der Waals surface area contributed by atoms with Crippen molar-refractivity contribution in [3.05, 3.63) is 83.9 Å². The van der Waals surface area contributed by atoms with Gasteiger partial charge in [0.1, 0.15) is 6.10 Å². The summed E-state index contributed by atoms with van der Waals surface area (Å²) in [6.07, 6.45) is 0.543. The molecule has 20 heavy (non-hydrogen) atoms. The van der Waals surface area contributed by atoms with Gasteiger partial charge in [0.2, 0.25) is 0 Å². The summed E-state index contributed by atoms with van der Waals surface area (Å²) >= 11 is 0. The van der Waals surface area contributed by atoms with Crippen molar-refractivity contribution in [1.82, 2.24) is 0 Å². The molecule has 0 bridgehead atoms. The van der Waals surface area contributed by atoms with Crippen LogP contribution < -0.4 is 0 Å². The Hall–Kier alpha value is -2.35. The largest absolute Gasteiger partial charge is 0.453 e. The summed E-state index contributed by atoms with van der Waals surface area (Å²) in [7, 11) is 0. The Balaban J connectivity index is 1.89. The predicted octanol–water partition coefficient (Wildman–Crippen LogP) is 3.70. The number of hydrogen-bond donors (Lipinski definition) is 0. The van der Waals surface area contributed by atoms with Gasteiger partial charge in [-0.1, -0.05) is 67.2 Å². The van der Waals surface area contributed by atoms with Crippen LogP contribution in [0.15, 0.2) is 72.8 Å². The number of esters is 1. The maximum atomic E-state index is 11.8. The van der Waals surface area contributed by atoms with E-state index in [1.807, 2.05) is 48.5 Å². The third kappa shape index (κ3) is 2.37. The van der Waals surface area contributed by atoms with E-state index in [1.165, 1.54) is 5.56 Å². The first-order valence-corrected chi connectivity index (χ1v) is 6.74. The van der Waals surface area contributed by atoms with Gasteiger partial charge >= 0.3 is 5.97 Å². The van der Waals surface area contributed by atoms with Crippen molar-refractivity contribution in [2.75, 3.05) is 0 Å². The first kappa shape index (κ1) is 12.7. The molecule has 1 fully saturated rings. The van der Waals surface area contributed by atoms with E-state index < -0.39 is 0 Å². The van der Waals surface area contributed by atoms with Crippen LogP contribution in [0.2, 0.25) is 0 Å². The monoisotopic (exact) mass is 264 g/mol. The van der Waals surface area contributed by atoms with Gasteiger partial charge in [0.15, 0.2) is 0 Å².